The second-order valence-corrected chi connectivity index (χ2v) is 4.97. The van der Waals surface area contributed by atoms with E-state index < -0.39 is 6.04 Å². The lowest BCUT2D eigenvalue weighted by Crippen LogP contribution is -2.32. The summed E-state index contributed by atoms with van der Waals surface area (Å²) in [5, 5.41) is 2.75. The van der Waals surface area contributed by atoms with Crippen LogP contribution in [0.25, 0.3) is 0 Å². The van der Waals surface area contributed by atoms with Crippen molar-refractivity contribution >= 4 is 23.8 Å². The Morgan fingerprint density at radius 2 is 2.41 bits per heavy atom. The molecule has 1 aliphatic heterocycles. The standard InChI is InChI=1S/C10H19N3O3S/c1-16-9(14)8(11)2-6-17-7-5-13-4-3-12-10(13)15/h8H,2-7,11H2,1H3,(H,12,15). The average Bonchev–Trinajstić information content (AvgIpc) is 2.73. The third-order valence-corrected chi connectivity index (χ3v) is 3.52. The molecular weight excluding hydrogens is 242 g/mol. The summed E-state index contributed by atoms with van der Waals surface area (Å²) >= 11 is 1.69. The van der Waals surface area contributed by atoms with Crippen molar-refractivity contribution in [2.24, 2.45) is 5.73 Å². The maximum atomic E-state index is 11.2. The van der Waals surface area contributed by atoms with E-state index in [1.165, 1.54) is 7.11 Å². The van der Waals surface area contributed by atoms with Crippen molar-refractivity contribution < 1.29 is 14.3 Å². The smallest absolute Gasteiger partial charge is 0.322 e. The summed E-state index contributed by atoms with van der Waals surface area (Å²) < 4.78 is 4.53. The highest BCUT2D eigenvalue weighted by Gasteiger charge is 2.18. The lowest BCUT2D eigenvalue weighted by molar-refractivity contribution is -0.142. The van der Waals surface area contributed by atoms with Crippen molar-refractivity contribution in [2.45, 2.75) is 12.5 Å². The molecular formula is C10H19N3O3S. The Hall–Kier alpha value is -0.950. The number of nitrogens with one attached hydrogen (secondary N) is 1. The second-order valence-electron chi connectivity index (χ2n) is 3.75. The lowest BCUT2D eigenvalue weighted by Gasteiger charge is -2.13. The van der Waals surface area contributed by atoms with Gasteiger partial charge in [-0.3, -0.25) is 4.79 Å². The van der Waals surface area contributed by atoms with Gasteiger partial charge in [0.25, 0.3) is 0 Å². The molecule has 2 amide bonds. The van der Waals surface area contributed by atoms with Crippen molar-refractivity contribution in [3.8, 4) is 0 Å². The molecule has 0 spiro atoms. The minimum Gasteiger partial charge on any atom is -0.468 e. The third-order valence-electron chi connectivity index (χ3n) is 2.53. The highest BCUT2D eigenvalue weighted by Crippen LogP contribution is 2.07. The van der Waals surface area contributed by atoms with Crippen LogP contribution in [0.5, 0.6) is 0 Å². The number of carbonyl (C=O) groups excluding carboxylic acids is 2. The number of amides is 2. The molecule has 0 saturated carbocycles. The fourth-order valence-electron chi connectivity index (χ4n) is 1.48. The SMILES string of the molecule is COC(=O)C(N)CCSCCN1CCNC1=O. The molecule has 0 aromatic rings. The van der Waals surface area contributed by atoms with Crippen molar-refractivity contribution in [2.75, 3.05) is 38.2 Å². The van der Waals surface area contributed by atoms with Gasteiger partial charge in [-0.25, -0.2) is 4.79 Å². The molecule has 1 unspecified atom stereocenters. The molecule has 3 N–H and O–H groups in total. The fourth-order valence-corrected chi connectivity index (χ4v) is 2.46. The molecule has 1 heterocycles. The van der Waals surface area contributed by atoms with E-state index in [-0.39, 0.29) is 12.0 Å². The second kappa shape index (κ2) is 7.39. The van der Waals surface area contributed by atoms with Crippen LogP contribution in [0.15, 0.2) is 0 Å². The van der Waals surface area contributed by atoms with Gasteiger partial charge in [0.2, 0.25) is 0 Å². The highest BCUT2D eigenvalue weighted by atomic mass is 32.2. The van der Waals surface area contributed by atoms with Gasteiger partial charge < -0.3 is 20.7 Å². The van der Waals surface area contributed by atoms with E-state index in [2.05, 4.69) is 10.1 Å². The van der Waals surface area contributed by atoms with Crippen LogP contribution in [-0.4, -0.2) is 61.2 Å². The summed E-state index contributed by atoms with van der Waals surface area (Å²) in [6.45, 7) is 2.25. The third kappa shape index (κ3) is 4.82. The molecule has 1 saturated heterocycles. The first-order chi connectivity index (χ1) is 8.15. The summed E-state index contributed by atoms with van der Waals surface area (Å²) in [6.07, 6.45) is 0.601. The van der Waals surface area contributed by atoms with Crippen molar-refractivity contribution in [3.63, 3.8) is 0 Å². The van der Waals surface area contributed by atoms with E-state index in [0.717, 1.165) is 31.1 Å². The van der Waals surface area contributed by atoms with Crippen LogP contribution in [0, 0.1) is 0 Å². The summed E-state index contributed by atoms with van der Waals surface area (Å²) in [5.41, 5.74) is 5.59. The van der Waals surface area contributed by atoms with Gasteiger partial charge in [0.05, 0.1) is 7.11 Å². The van der Waals surface area contributed by atoms with Crippen molar-refractivity contribution in [3.05, 3.63) is 0 Å². The van der Waals surface area contributed by atoms with Crippen LogP contribution < -0.4 is 11.1 Å². The topological polar surface area (TPSA) is 84.7 Å². The van der Waals surface area contributed by atoms with Crippen LogP contribution in [0.2, 0.25) is 0 Å². The minimum atomic E-state index is -0.539. The van der Waals surface area contributed by atoms with Crippen LogP contribution in [-0.2, 0) is 9.53 Å². The molecule has 17 heavy (non-hydrogen) atoms. The maximum absolute atomic E-state index is 11.2. The number of nitrogens with zero attached hydrogens (tertiary/aromatic N) is 1. The van der Waals surface area contributed by atoms with E-state index >= 15 is 0 Å². The zero-order valence-corrected chi connectivity index (χ0v) is 10.8. The first-order valence-electron chi connectivity index (χ1n) is 5.59. The number of rotatable bonds is 7. The fraction of sp³-hybridized carbons (Fsp3) is 0.800. The first-order valence-corrected chi connectivity index (χ1v) is 6.74. The van der Waals surface area contributed by atoms with Gasteiger partial charge in [0, 0.05) is 25.4 Å². The van der Waals surface area contributed by atoms with Crippen LogP contribution in [0.1, 0.15) is 6.42 Å². The monoisotopic (exact) mass is 261 g/mol. The number of thioether (sulfide) groups is 1. The van der Waals surface area contributed by atoms with Gasteiger partial charge in [-0.1, -0.05) is 0 Å². The van der Waals surface area contributed by atoms with Gasteiger partial charge in [0.15, 0.2) is 0 Å². The Kier molecular flexibility index (Phi) is 6.13. The molecule has 1 atom stereocenters. The number of hydrogen-bond donors (Lipinski definition) is 2. The highest BCUT2D eigenvalue weighted by molar-refractivity contribution is 7.99. The Labute approximate surface area is 105 Å². The normalized spacial score (nSPS) is 16.8. The van der Waals surface area contributed by atoms with Crippen molar-refractivity contribution in [1.82, 2.24) is 10.2 Å². The Bertz CT molecular complexity index is 276. The Balaban J connectivity index is 2.01. The molecule has 0 radical (unpaired) electrons. The number of hydrogen-bond acceptors (Lipinski definition) is 5. The lowest BCUT2D eigenvalue weighted by atomic mass is 10.2. The number of esters is 1. The number of carbonyl (C=O) groups is 2. The zero-order chi connectivity index (χ0) is 12.7. The van der Waals surface area contributed by atoms with E-state index in [1.807, 2.05) is 0 Å². The number of methoxy groups -OCH3 is 1. The zero-order valence-electron chi connectivity index (χ0n) is 9.98. The van der Waals surface area contributed by atoms with Crippen molar-refractivity contribution in [1.29, 1.82) is 0 Å². The molecule has 1 rings (SSSR count). The molecule has 0 aliphatic carbocycles. The van der Waals surface area contributed by atoms with Crippen LogP contribution in [0.3, 0.4) is 0 Å². The quantitative estimate of drug-likeness (QED) is 0.483. The van der Waals surface area contributed by atoms with E-state index in [4.69, 9.17) is 5.73 Å². The molecule has 1 fully saturated rings. The van der Waals surface area contributed by atoms with Gasteiger partial charge in [-0.05, 0) is 12.2 Å². The molecule has 6 nitrogen and oxygen atoms in total. The van der Waals surface area contributed by atoms with Gasteiger partial charge in [-0.15, -0.1) is 0 Å². The molecule has 7 heteroatoms. The number of ether oxygens (including phenoxy) is 1. The summed E-state index contributed by atoms with van der Waals surface area (Å²) in [5.74, 6) is 1.29. The van der Waals surface area contributed by atoms with E-state index in [9.17, 15) is 9.59 Å². The molecule has 1 aliphatic rings. The summed E-state index contributed by atoms with van der Waals surface area (Å²) in [7, 11) is 1.33. The van der Waals surface area contributed by atoms with Gasteiger partial charge in [-0.2, -0.15) is 11.8 Å². The van der Waals surface area contributed by atoms with Gasteiger partial charge in [0.1, 0.15) is 6.04 Å². The molecule has 98 valence electrons. The van der Waals surface area contributed by atoms with Crippen LogP contribution in [0.4, 0.5) is 4.79 Å². The molecule has 0 aromatic carbocycles. The maximum Gasteiger partial charge on any atom is 0.322 e. The summed E-state index contributed by atoms with van der Waals surface area (Å²) in [4.78, 5) is 24.0. The average molecular weight is 261 g/mol. The first kappa shape index (κ1) is 14.1. The van der Waals surface area contributed by atoms with E-state index in [0.29, 0.717) is 6.42 Å². The predicted octanol–water partition coefficient (Wildman–Crippen LogP) is -0.365. The minimum absolute atomic E-state index is 0.0110. The summed E-state index contributed by atoms with van der Waals surface area (Å²) in [6, 6.07) is -0.528. The predicted molar refractivity (Wildman–Crippen MR) is 66.9 cm³/mol. The van der Waals surface area contributed by atoms with E-state index in [1.54, 1.807) is 16.7 Å². The molecule has 0 aromatic heterocycles. The Morgan fingerprint density at radius 1 is 1.65 bits per heavy atom. The van der Waals surface area contributed by atoms with Crippen LogP contribution >= 0.6 is 11.8 Å². The number of nitrogens with two attached hydrogens (primary N) is 1. The largest absolute Gasteiger partial charge is 0.468 e. The number of urea groups is 1. The van der Waals surface area contributed by atoms with Gasteiger partial charge >= 0.3 is 12.0 Å². The molecule has 0 bridgehead atoms. The Morgan fingerprint density at radius 3 is 3.00 bits per heavy atom.